The first-order valence-electron chi connectivity index (χ1n) is 5.27. The molecule has 1 aliphatic rings. The van der Waals surface area contributed by atoms with Gasteiger partial charge in [0.05, 0.1) is 6.10 Å². The quantitative estimate of drug-likeness (QED) is 0.660. The van der Waals surface area contributed by atoms with Gasteiger partial charge in [0.2, 0.25) is 0 Å². The average Bonchev–Trinajstić information content (AvgIpc) is 2.19. The lowest BCUT2D eigenvalue weighted by molar-refractivity contribution is 0.115. The molecule has 1 rings (SSSR count). The van der Waals surface area contributed by atoms with Gasteiger partial charge in [0, 0.05) is 13.7 Å². The van der Waals surface area contributed by atoms with Crippen LogP contribution in [0.15, 0.2) is 0 Å². The van der Waals surface area contributed by atoms with Gasteiger partial charge in [-0.15, -0.1) is 0 Å². The summed E-state index contributed by atoms with van der Waals surface area (Å²) in [5.41, 5.74) is 0. The Morgan fingerprint density at radius 2 is 2.46 bits per heavy atom. The van der Waals surface area contributed by atoms with E-state index in [0.29, 0.717) is 6.10 Å². The number of ether oxygens (including phenoxy) is 1. The van der Waals surface area contributed by atoms with Crippen LogP contribution in [-0.4, -0.2) is 39.4 Å². The zero-order valence-corrected chi connectivity index (χ0v) is 8.81. The largest absolute Gasteiger partial charge is 0.380 e. The van der Waals surface area contributed by atoms with E-state index in [4.69, 9.17) is 4.74 Å². The minimum Gasteiger partial charge on any atom is -0.380 e. The Bertz CT molecular complexity index is 124. The molecular formula is C10H22N2O. The highest BCUT2D eigenvalue weighted by atomic mass is 16.5. The van der Waals surface area contributed by atoms with Crippen molar-refractivity contribution >= 4 is 0 Å². The van der Waals surface area contributed by atoms with Crippen LogP contribution in [0.2, 0.25) is 0 Å². The molecule has 1 heterocycles. The number of methoxy groups -OCH3 is 1. The zero-order valence-electron chi connectivity index (χ0n) is 8.81. The molecule has 3 heteroatoms. The van der Waals surface area contributed by atoms with E-state index in [1.54, 1.807) is 7.11 Å². The minimum absolute atomic E-state index is 0.330. The molecule has 0 amide bonds. The Kier molecular flexibility index (Phi) is 5.35. The molecule has 1 saturated heterocycles. The molecule has 1 aliphatic heterocycles. The Morgan fingerprint density at radius 3 is 3.08 bits per heavy atom. The molecule has 0 bridgehead atoms. The predicted octanol–water partition coefficient (Wildman–Crippen LogP) is 0.610. The van der Waals surface area contributed by atoms with Gasteiger partial charge in [-0.1, -0.05) is 0 Å². The van der Waals surface area contributed by atoms with Crippen molar-refractivity contribution in [3.8, 4) is 0 Å². The summed E-state index contributed by atoms with van der Waals surface area (Å²) in [6.45, 7) is 6.55. The van der Waals surface area contributed by atoms with Gasteiger partial charge in [0.1, 0.15) is 0 Å². The fourth-order valence-electron chi connectivity index (χ4n) is 1.67. The van der Waals surface area contributed by atoms with E-state index in [2.05, 4.69) is 17.6 Å². The number of nitrogens with one attached hydrogen (secondary N) is 2. The van der Waals surface area contributed by atoms with Gasteiger partial charge in [-0.25, -0.2) is 0 Å². The van der Waals surface area contributed by atoms with E-state index in [1.807, 2.05) is 0 Å². The van der Waals surface area contributed by atoms with E-state index >= 15 is 0 Å². The SMILES string of the molecule is COC(C)CNCC1CCCNC1. The lowest BCUT2D eigenvalue weighted by atomic mass is 10.00. The van der Waals surface area contributed by atoms with Crippen LogP contribution in [0, 0.1) is 5.92 Å². The summed E-state index contributed by atoms with van der Waals surface area (Å²) in [4.78, 5) is 0. The first kappa shape index (κ1) is 11.0. The maximum Gasteiger partial charge on any atom is 0.0667 e. The molecule has 0 spiro atoms. The van der Waals surface area contributed by atoms with Crippen LogP contribution >= 0.6 is 0 Å². The molecule has 2 atom stereocenters. The van der Waals surface area contributed by atoms with Crippen LogP contribution in [-0.2, 0) is 4.74 Å². The molecule has 2 N–H and O–H groups in total. The third-order valence-corrected chi connectivity index (χ3v) is 2.67. The Hall–Kier alpha value is -0.120. The molecule has 0 radical (unpaired) electrons. The second-order valence-electron chi connectivity index (χ2n) is 3.92. The topological polar surface area (TPSA) is 33.3 Å². The summed E-state index contributed by atoms with van der Waals surface area (Å²) in [5.74, 6) is 0.817. The zero-order chi connectivity index (χ0) is 9.52. The number of rotatable bonds is 5. The number of piperidine rings is 1. The van der Waals surface area contributed by atoms with Crippen molar-refractivity contribution in [2.75, 3.05) is 33.3 Å². The molecule has 0 aromatic carbocycles. The molecule has 0 aliphatic carbocycles. The summed E-state index contributed by atoms with van der Waals surface area (Å²) in [6, 6.07) is 0. The first-order chi connectivity index (χ1) is 6.33. The third kappa shape index (κ3) is 4.60. The van der Waals surface area contributed by atoms with Crippen molar-refractivity contribution in [1.82, 2.24) is 10.6 Å². The highest BCUT2D eigenvalue weighted by molar-refractivity contribution is 4.71. The summed E-state index contributed by atoms with van der Waals surface area (Å²) < 4.78 is 5.16. The molecule has 0 saturated carbocycles. The van der Waals surface area contributed by atoms with Gasteiger partial charge in [0.15, 0.2) is 0 Å². The van der Waals surface area contributed by atoms with Crippen LogP contribution in [0.25, 0.3) is 0 Å². The van der Waals surface area contributed by atoms with Gasteiger partial charge >= 0.3 is 0 Å². The minimum atomic E-state index is 0.330. The second-order valence-corrected chi connectivity index (χ2v) is 3.92. The predicted molar refractivity (Wildman–Crippen MR) is 54.9 cm³/mol. The van der Waals surface area contributed by atoms with Crippen molar-refractivity contribution in [2.45, 2.75) is 25.9 Å². The molecule has 78 valence electrons. The average molecular weight is 186 g/mol. The standard InChI is InChI=1S/C10H22N2O/c1-9(13-2)6-12-8-10-4-3-5-11-7-10/h9-12H,3-8H2,1-2H3. The number of hydrogen-bond donors (Lipinski definition) is 2. The van der Waals surface area contributed by atoms with Crippen LogP contribution in [0.4, 0.5) is 0 Å². The summed E-state index contributed by atoms with van der Waals surface area (Å²) in [5, 5.41) is 6.86. The van der Waals surface area contributed by atoms with E-state index in [9.17, 15) is 0 Å². The monoisotopic (exact) mass is 186 g/mol. The van der Waals surface area contributed by atoms with E-state index in [1.165, 1.54) is 25.9 Å². The van der Waals surface area contributed by atoms with Gasteiger partial charge in [0.25, 0.3) is 0 Å². The Labute approximate surface area is 81.2 Å². The van der Waals surface area contributed by atoms with E-state index in [-0.39, 0.29) is 0 Å². The van der Waals surface area contributed by atoms with Crippen molar-refractivity contribution in [1.29, 1.82) is 0 Å². The molecule has 1 fully saturated rings. The highest BCUT2D eigenvalue weighted by Crippen LogP contribution is 2.07. The van der Waals surface area contributed by atoms with Crippen molar-refractivity contribution < 1.29 is 4.74 Å². The maximum absolute atomic E-state index is 5.16. The van der Waals surface area contributed by atoms with Crippen LogP contribution in [0.5, 0.6) is 0 Å². The van der Waals surface area contributed by atoms with Gasteiger partial charge in [-0.3, -0.25) is 0 Å². The normalized spacial score (nSPS) is 25.8. The first-order valence-corrected chi connectivity index (χ1v) is 5.27. The summed E-state index contributed by atoms with van der Waals surface area (Å²) in [6.07, 6.45) is 3.02. The van der Waals surface area contributed by atoms with E-state index in [0.717, 1.165) is 19.0 Å². The summed E-state index contributed by atoms with van der Waals surface area (Å²) in [7, 11) is 1.76. The molecule has 2 unspecified atom stereocenters. The van der Waals surface area contributed by atoms with Gasteiger partial charge in [-0.2, -0.15) is 0 Å². The van der Waals surface area contributed by atoms with E-state index < -0.39 is 0 Å². The van der Waals surface area contributed by atoms with Crippen LogP contribution < -0.4 is 10.6 Å². The van der Waals surface area contributed by atoms with Crippen molar-refractivity contribution in [3.63, 3.8) is 0 Å². The van der Waals surface area contributed by atoms with Crippen molar-refractivity contribution in [3.05, 3.63) is 0 Å². The molecule has 0 aromatic heterocycles. The van der Waals surface area contributed by atoms with Crippen LogP contribution in [0.3, 0.4) is 0 Å². The molecule has 3 nitrogen and oxygen atoms in total. The summed E-state index contributed by atoms with van der Waals surface area (Å²) >= 11 is 0. The number of hydrogen-bond acceptors (Lipinski definition) is 3. The molecule has 0 aromatic rings. The van der Waals surface area contributed by atoms with Crippen molar-refractivity contribution in [2.24, 2.45) is 5.92 Å². The maximum atomic E-state index is 5.16. The Morgan fingerprint density at radius 1 is 1.62 bits per heavy atom. The fraction of sp³-hybridized carbons (Fsp3) is 1.00. The van der Waals surface area contributed by atoms with Crippen LogP contribution in [0.1, 0.15) is 19.8 Å². The second kappa shape index (κ2) is 6.35. The smallest absolute Gasteiger partial charge is 0.0667 e. The lowest BCUT2D eigenvalue weighted by Gasteiger charge is -2.23. The van der Waals surface area contributed by atoms with Gasteiger partial charge in [-0.05, 0) is 45.3 Å². The van der Waals surface area contributed by atoms with Gasteiger partial charge < -0.3 is 15.4 Å². The lowest BCUT2D eigenvalue weighted by Crippen LogP contribution is -2.38. The third-order valence-electron chi connectivity index (χ3n) is 2.67. The molecule has 13 heavy (non-hydrogen) atoms. The fourth-order valence-corrected chi connectivity index (χ4v) is 1.67. The Balaban J connectivity index is 1.98. The highest BCUT2D eigenvalue weighted by Gasteiger charge is 2.12. The molecular weight excluding hydrogens is 164 g/mol.